The van der Waals surface area contributed by atoms with Crippen LogP contribution < -0.4 is 10.2 Å². The minimum atomic E-state index is -0.729. The minimum Gasteiger partial charge on any atom is -0.489 e. The fraction of sp³-hybridized carbons (Fsp3) is 0.391. The molecule has 156 valence electrons. The zero-order valence-corrected chi connectivity index (χ0v) is 17.7. The van der Waals surface area contributed by atoms with Crippen LogP contribution in [0.1, 0.15) is 36.1 Å². The molecule has 0 saturated carbocycles. The van der Waals surface area contributed by atoms with Crippen molar-refractivity contribution in [2.24, 2.45) is 5.92 Å². The van der Waals surface area contributed by atoms with Crippen LogP contribution in [0, 0.1) is 19.8 Å². The van der Waals surface area contributed by atoms with Crippen molar-refractivity contribution < 1.29 is 19.5 Å². The molecule has 0 fully saturated rings. The molecule has 0 unspecified atom stereocenters. The summed E-state index contributed by atoms with van der Waals surface area (Å²) in [6.07, 6.45) is 0.162. The Balaban J connectivity index is 1.97. The van der Waals surface area contributed by atoms with Crippen LogP contribution in [0.2, 0.25) is 0 Å². The smallest absolute Gasteiger partial charge is 0.266 e. The van der Waals surface area contributed by atoms with Gasteiger partial charge in [0.15, 0.2) is 0 Å². The molecule has 0 spiro atoms. The molecule has 2 aromatic carbocycles. The molecular weight excluding hydrogens is 368 g/mol. The maximum Gasteiger partial charge on any atom is 0.266 e. The number of carbonyl (C=O) groups excluding carboxylic acids is 2. The van der Waals surface area contributed by atoms with E-state index in [1.807, 2.05) is 38.1 Å². The van der Waals surface area contributed by atoms with Crippen molar-refractivity contribution in [1.29, 1.82) is 0 Å². The number of benzene rings is 2. The quantitative estimate of drug-likeness (QED) is 0.528. The largest absolute Gasteiger partial charge is 0.489 e. The van der Waals surface area contributed by atoms with Crippen LogP contribution >= 0.6 is 0 Å². The van der Waals surface area contributed by atoms with Crippen LogP contribution in [0.3, 0.4) is 0 Å². The molecule has 0 heterocycles. The summed E-state index contributed by atoms with van der Waals surface area (Å²) in [4.78, 5) is 25.8. The molecule has 6 heteroatoms. The standard InChI is InChI=1S/C23H30N2O4/c1-15(2)22(23(27)24-28)25(5)21(26)13-18-6-8-20(9-7-18)29-14-19-11-16(3)10-17(4)12-19/h6-12,15,22,28H,13-14H2,1-5H3,(H,24,27)/t22-/m1/s1. The van der Waals surface area contributed by atoms with Gasteiger partial charge in [0, 0.05) is 7.05 Å². The number of likely N-dealkylation sites (N-methyl/N-ethyl adjacent to an activating group) is 1. The number of hydrogen-bond donors (Lipinski definition) is 2. The first-order valence-corrected chi connectivity index (χ1v) is 9.69. The highest BCUT2D eigenvalue weighted by Crippen LogP contribution is 2.17. The Kier molecular flexibility index (Phi) is 7.79. The maximum absolute atomic E-state index is 12.6. The first kappa shape index (κ1) is 22.4. The summed E-state index contributed by atoms with van der Waals surface area (Å²) in [5, 5.41) is 8.92. The molecule has 0 aliphatic heterocycles. The number of nitrogens with zero attached hydrogens (tertiary/aromatic N) is 1. The number of nitrogens with one attached hydrogen (secondary N) is 1. The van der Waals surface area contributed by atoms with Gasteiger partial charge in [0.1, 0.15) is 18.4 Å². The molecule has 0 saturated heterocycles. The maximum atomic E-state index is 12.6. The van der Waals surface area contributed by atoms with Gasteiger partial charge in [-0.05, 0) is 43.0 Å². The summed E-state index contributed by atoms with van der Waals surface area (Å²) >= 11 is 0. The number of amides is 2. The molecule has 2 aromatic rings. The molecule has 6 nitrogen and oxygen atoms in total. The molecule has 2 amide bonds. The normalized spacial score (nSPS) is 11.8. The molecular formula is C23H30N2O4. The van der Waals surface area contributed by atoms with Crippen LogP contribution in [0.25, 0.3) is 0 Å². The number of aryl methyl sites for hydroxylation is 2. The lowest BCUT2D eigenvalue weighted by Gasteiger charge is -2.29. The molecule has 0 aromatic heterocycles. The Morgan fingerprint density at radius 1 is 1.03 bits per heavy atom. The van der Waals surface area contributed by atoms with Crippen molar-refractivity contribution >= 4 is 11.8 Å². The lowest BCUT2D eigenvalue weighted by molar-refractivity contribution is -0.144. The fourth-order valence-electron chi connectivity index (χ4n) is 3.47. The second-order valence-electron chi connectivity index (χ2n) is 7.77. The van der Waals surface area contributed by atoms with E-state index in [1.165, 1.54) is 16.0 Å². The van der Waals surface area contributed by atoms with Gasteiger partial charge in [-0.25, -0.2) is 5.48 Å². The van der Waals surface area contributed by atoms with Crippen LogP contribution in [0.4, 0.5) is 0 Å². The molecule has 0 radical (unpaired) electrons. The SMILES string of the molecule is Cc1cc(C)cc(COc2ccc(CC(=O)N(C)[C@@H](C(=O)NO)C(C)C)cc2)c1. The molecule has 1 atom stereocenters. The van der Waals surface area contributed by atoms with Crippen LogP contribution in [0.15, 0.2) is 42.5 Å². The molecule has 2 rings (SSSR count). The highest BCUT2D eigenvalue weighted by Gasteiger charge is 2.29. The first-order chi connectivity index (χ1) is 13.7. The number of carbonyl (C=O) groups is 2. The van der Waals surface area contributed by atoms with Crippen molar-refractivity contribution in [2.75, 3.05) is 7.05 Å². The van der Waals surface area contributed by atoms with Crippen LogP contribution in [0.5, 0.6) is 5.75 Å². The third-order valence-electron chi connectivity index (χ3n) is 4.79. The zero-order chi connectivity index (χ0) is 21.6. The summed E-state index contributed by atoms with van der Waals surface area (Å²) in [6.45, 7) is 8.26. The molecule has 2 N–H and O–H groups in total. The van der Waals surface area contributed by atoms with Gasteiger partial charge >= 0.3 is 0 Å². The monoisotopic (exact) mass is 398 g/mol. The Morgan fingerprint density at radius 2 is 1.62 bits per heavy atom. The van der Waals surface area contributed by atoms with Crippen LogP contribution in [-0.2, 0) is 22.6 Å². The van der Waals surface area contributed by atoms with Crippen molar-refractivity contribution in [1.82, 2.24) is 10.4 Å². The van der Waals surface area contributed by atoms with Gasteiger partial charge in [-0.3, -0.25) is 14.8 Å². The van der Waals surface area contributed by atoms with Gasteiger partial charge in [0.2, 0.25) is 5.91 Å². The first-order valence-electron chi connectivity index (χ1n) is 9.69. The van der Waals surface area contributed by atoms with E-state index in [9.17, 15) is 9.59 Å². The summed E-state index contributed by atoms with van der Waals surface area (Å²) in [7, 11) is 1.57. The Bertz CT molecular complexity index is 826. The van der Waals surface area contributed by atoms with E-state index >= 15 is 0 Å². The Morgan fingerprint density at radius 3 is 2.14 bits per heavy atom. The van der Waals surface area contributed by atoms with E-state index < -0.39 is 11.9 Å². The van der Waals surface area contributed by atoms with E-state index in [-0.39, 0.29) is 18.2 Å². The predicted octanol–water partition coefficient (Wildman–Crippen LogP) is 3.41. The summed E-state index contributed by atoms with van der Waals surface area (Å²) in [6, 6.07) is 13.0. The topological polar surface area (TPSA) is 78.9 Å². The second kappa shape index (κ2) is 10.1. The number of ether oxygens (including phenoxy) is 1. The van der Waals surface area contributed by atoms with Gasteiger partial charge in [0.25, 0.3) is 5.91 Å². The van der Waals surface area contributed by atoms with Gasteiger partial charge in [-0.1, -0.05) is 55.3 Å². The van der Waals surface area contributed by atoms with Gasteiger partial charge in [0.05, 0.1) is 6.42 Å². The van der Waals surface area contributed by atoms with Crippen molar-refractivity contribution in [3.63, 3.8) is 0 Å². The Hall–Kier alpha value is -2.86. The van der Waals surface area contributed by atoms with Crippen molar-refractivity contribution in [3.8, 4) is 5.75 Å². The third kappa shape index (κ3) is 6.32. The molecule has 0 aliphatic carbocycles. The molecule has 29 heavy (non-hydrogen) atoms. The van der Waals surface area contributed by atoms with Crippen LogP contribution in [-0.4, -0.2) is 35.0 Å². The number of hydrogen-bond acceptors (Lipinski definition) is 4. The average Bonchev–Trinajstić information content (AvgIpc) is 2.66. The van der Waals surface area contributed by atoms with E-state index in [4.69, 9.17) is 9.94 Å². The Labute approximate surface area is 172 Å². The lowest BCUT2D eigenvalue weighted by Crippen LogP contribution is -2.50. The zero-order valence-electron chi connectivity index (χ0n) is 17.7. The molecule has 0 bridgehead atoms. The van der Waals surface area contributed by atoms with Gasteiger partial charge < -0.3 is 9.64 Å². The van der Waals surface area contributed by atoms with Gasteiger partial charge in [-0.15, -0.1) is 0 Å². The average molecular weight is 399 g/mol. The lowest BCUT2D eigenvalue weighted by atomic mass is 10.0. The van der Waals surface area contributed by atoms with E-state index in [1.54, 1.807) is 12.5 Å². The number of hydroxylamine groups is 1. The fourth-order valence-corrected chi connectivity index (χ4v) is 3.47. The van der Waals surface area contributed by atoms with E-state index in [2.05, 4.69) is 32.0 Å². The third-order valence-corrected chi connectivity index (χ3v) is 4.79. The minimum absolute atomic E-state index is 0.128. The summed E-state index contributed by atoms with van der Waals surface area (Å²) < 4.78 is 5.85. The highest BCUT2D eigenvalue weighted by molar-refractivity contribution is 5.87. The van der Waals surface area contributed by atoms with E-state index in [0.717, 1.165) is 16.9 Å². The predicted molar refractivity (Wildman–Crippen MR) is 112 cm³/mol. The second-order valence-corrected chi connectivity index (χ2v) is 7.77. The van der Waals surface area contributed by atoms with Crippen molar-refractivity contribution in [3.05, 3.63) is 64.7 Å². The summed E-state index contributed by atoms with van der Waals surface area (Å²) in [5.74, 6) is -0.187. The molecule has 0 aliphatic rings. The highest BCUT2D eigenvalue weighted by atomic mass is 16.5. The van der Waals surface area contributed by atoms with E-state index in [0.29, 0.717) is 6.61 Å². The van der Waals surface area contributed by atoms with Crippen molar-refractivity contribution in [2.45, 2.75) is 46.8 Å². The van der Waals surface area contributed by atoms with Gasteiger partial charge in [-0.2, -0.15) is 0 Å². The number of rotatable bonds is 8. The summed E-state index contributed by atoms with van der Waals surface area (Å²) in [5.41, 5.74) is 5.99.